The standard InChI is InChI=1S/C12H17NO2/c1-4-5-12(14)15-11-8-6-10(7-9-11)13(2)3/h6-9H,4-5H2,1-3H3. The molecule has 0 heterocycles. The molecule has 1 aromatic rings. The van der Waals surface area contributed by atoms with Crippen LogP contribution in [0.1, 0.15) is 19.8 Å². The maximum absolute atomic E-state index is 11.2. The third-order valence-corrected chi connectivity index (χ3v) is 2.04. The molecule has 0 saturated heterocycles. The van der Waals surface area contributed by atoms with Crippen LogP contribution in [0.5, 0.6) is 5.75 Å². The fourth-order valence-electron chi connectivity index (χ4n) is 1.20. The Hall–Kier alpha value is -1.51. The molecule has 0 N–H and O–H groups in total. The van der Waals surface area contributed by atoms with Gasteiger partial charge in [-0.2, -0.15) is 0 Å². The minimum absolute atomic E-state index is 0.171. The van der Waals surface area contributed by atoms with Crippen molar-refractivity contribution in [2.24, 2.45) is 0 Å². The molecule has 0 aliphatic heterocycles. The van der Waals surface area contributed by atoms with Crippen LogP contribution in [0, 0.1) is 0 Å². The summed E-state index contributed by atoms with van der Waals surface area (Å²) in [6, 6.07) is 7.47. The van der Waals surface area contributed by atoms with E-state index in [4.69, 9.17) is 4.74 Å². The second kappa shape index (κ2) is 5.39. The van der Waals surface area contributed by atoms with Crippen LogP contribution in [0.2, 0.25) is 0 Å². The first-order chi connectivity index (χ1) is 7.13. The first-order valence-corrected chi connectivity index (χ1v) is 5.11. The molecule has 1 rings (SSSR count). The summed E-state index contributed by atoms with van der Waals surface area (Å²) in [5.74, 6) is 0.439. The number of hydrogen-bond donors (Lipinski definition) is 0. The number of nitrogens with zero attached hydrogens (tertiary/aromatic N) is 1. The molecule has 0 aromatic heterocycles. The van der Waals surface area contributed by atoms with Crippen molar-refractivity contribution in [1.82, 2.24) is 0 Å². The van der Waals surface area contributed by atoms with Crippen molar-refractivity contribution in [3.05, 3.63) is 24.3 Å². The van der Waals surface area contributed by atoms with Gasteiger partial charge < -0.3 is 9.64 Å². The van der Waals surface area contributed by atoms with Crippen molar-refractivity contribution < 1.29 is 9.53 Å². The molecule has 0 bridgehead atoms. The largest absolute Gasteiger partial charge is 0.427 e. The average Bonchev–Trinajstić information content (AvgIpc) is 2.18. The molecule has 0 radical (unpaired) electrons. The topological polar surface area (TPSA) is 29.5 Å². The summed E-state index contributed by atoms with van der Waals surface area (Å²) >= 11 is 0. The van der Waals surface area contributed by atoms with Crippen LogP contribution in [0.4, 0.5) is 5.69 Å². The van der Waals surface area contributed by atoms with Crippen molar-refractivity contribution in [3.63, 3.8) is 0 Å². The Morgan fingerprint density at radius 3 is 2.33 bits per heavy atom. The Morgan fingerprint density at radius 2 is 1.87 bits per heavy atom. The van der Waals surface area contributed by atoms with Gasteiger partial charge in [0, 0.05) is 26.2 Å². The molecular formula is C12H17NO2. The van der Waals surface area contributed by atoms with E-state index < -0.39 is 0 Å². The molecular weight excluding hydrogens is 190 g/mol. The summed E-state index contributed by atoms with van der Waals surface area (Å²) in [4.78, 5) is 13.2. The maximum atomic E-state index is 11.2. The molecule has 1 aromatic carbocycles. The lowest BCUT2D eigenvalue weighted by atomic mass is 10.3. The van der Waals surface area contributed by atoms with Crippen LogP contribution >= 0.6 is 0 Å². The van der Waals surface area contributed by atoms with Crippen LogP contribution in [0.15, 0.2) is 24.3 Å². The van der Waals surface area contributed by atoms with Crippen LogP contribution < -0.4 is 9.64 Å². The molecule has 3 heteroatoms. The highest BCUT2D eigenvalue weighted by Gasteiger charge is 2.03. The van der Waals surface area contributed by atoms with Gasteiger partial charge in [0.2, 0.25) is 0 Å². The van der Waals surface area contributed by atoms with Crippen LogP contribution in [-0.4, -0.2) is 20.1 Å². The predicted octanol–water partition coefficient (Wildman–Crippen LogP) is 2.46. The molecule has 15 heavy (non-hydrogen) atoms. The number of carbonyl (C=O) groups excluding carboxylic acids is 1. The quantitative estimate of drug-likeness (QED) is 0.561. The average molecular weight is 207 g/mol. The molecule has 0 saturated carbocycles. The molecule has 0 unspecified atom stereocenters. The molecule has 0 amide bonds. The number of rotatable bonds is 4. The Balaban J connectivity index is 2.60. The summed E-state index contributed by atoms with van der Waals surface area (Å²) < 4.78 is 5.13. The lowest BCUT2D eigenvalue weighted by Crippen LogP contribution is -2.09. The highest BCUT2D eigenvalue weighted by Crippen LogP contribution is 2.17. The number of benzene rings is 1. The number of carbonyl (C=O) groups is 1. The Labute approximate surface area is 90.7 Å². The van der Waals surface area contributed by atoms with Gasteiger partial charge in [-0.1, -0.05) is 6.92 Å². The molecule has 0 fully saturated rings. The molecule has 82 valence electrons. The van der Waals surface area contributed by atoms with E-state index in [-0.39, 0.29) is 5.97 Å². The monoisotopic (exact) mass is 207 g/mol. The van der Waals surface area contributed by atoms with Crippen molar-refractivity contribution in [2.45, 2.75) is 19.8 Å². The molecule has 3 nitrogen and oxygen atoms in total. The van der Waals surface area contributed by atoms with Crippen molar-refractivity contribution in [1.29, 1.82) is 0 Å². The molecule has 0 aliphatic rings. The summed E-state index contributed by atoms with van der Waals surface area (Å²) in [5, 5.41) is 0. The lowest BCUT2D eigenvalue weighted by Gasteiger charge is -2.12. The number of esters is 1. The molecule has 0 spiro atoms. The highest BCUT2D eigenvalue weighted by atomic mass is 16.5. The predicted molar refractivity (Wildman–Crippen MR) is 61.3 cm³/mol. The van der Waals surface area contributed by atoms with Crippen LogP contribution in [-0.2, 0) is 4.79 Å². The van der Waals surface area contributed by atoms with E-state index in [1.807, 2.05) is 50.2 Å². The number of ether oxygens (including phenoxy) is 1. The molecule has 0 aliphatic carbocycles. The third kappa shape index (κ3) is 3.62. The minimum atomic E-state index is -0.171. The Morgan fingerprint density at radius 1 is 1.27 bits per heavy atom. The van der Waals surface area contributed by atoms with Crippen molar-refractivity contribution >= 4 is 11.7 Å². The first-order valence-electron chi connectivity index (χ1n) is 5.11. The van der Waals surface area contributed by atoms with Gasteiger partial charge >= 0.3 is 5.97 Å². The normalized spacial score (nSPS) is 9.80. The van der Waals surface area contributed by atoms with E-state index in [0.717, 1.165) is 12.1 Å². The van der Waals surface area contributed by atoms with Crippen LogP contribution in [0.25, 0.3) is 0 Å². The second-order valence-corrected chi connectivity index (χ2v) is 3.61. The van der Waals surface area contributed by atoms with E-state index in [2.05, 4.69) is 0 Å². The van der Waals surface area contributed by atoms with E-state index >= 15 is 0 Å². The summed E-state index contributed by atoms with van der Waals surface area (Å²) in [6.07, 6.45) is 1.28. The fourth-order valence-corrected chi connectivity index (χ4v) is 1.20. The third-order valence-electron chi connectivity index (χ3n) is 2.04. The zero-order chi connectivity index (χ0) is 11.3. The first kappa shape index (κ1) is 11.6. The zero-order valence-electron chi connectivity index (χ0n) is 9.49. The van der Waals surface area contributed by atoms with Gasteiger partial charge in [-0.05, 0) is 30.7 Å². The van der Waals surface area contributed by atoms with Gasteiger partial charge in [-0.3, -0.25) is 4.79 Å². The Kier molecular flexibility index (Phi) is 4.16. The van der Waals surface area contributed by atoms with E-state index in [1.54, 1.807) is 0 Å². The van der Waals surface area contributed by atoms with Gasteiger partial charge in [-0.15, -0.1) is 0 Å². The van der Waals surface area contributed by atoms with E-state index in [1.165, 1.54) is 0 Å². The van der Waals surface area contributed by atoms with Crippen molar-refractivity contribution in [2.75, 3.05) is 19.0 Å². The van der Waals surface area contributed by atoms with Gasteiger partial charge in [0.05, 0.1) is 0 Å². The zero-order valence-corrected chi connectivity index (χ0v) is 9.49. The van der Waals surface area contributed by atoms with E-state index in [9.17, 15) is 4.79 Å². The molecule has 0 atom stereocenters. The summed E-state index contributed by atoms with van der Waals surface area (Å²) in [6.45, 7) is 1.95. The minimum Gasteiger partial charge on any atom is -0.427 e. The van der Waals surface area contributed by atoms with Gasteiger partial charge in [0.1, 0.15) is 5.75 Å². The second-order valence-electron chi connectivity index (χ2n) is 3.61. The summed E-state index contributed by atoms with van der Waals surface area (Å²) in [5.41, 5.74) is 1.09. The van der Waals surface area contributed by atoms with Gasteiger partial charge in [0.15, 0.2) is 0 Å². The maximum Gasteiger partial charge on any atom is 0.311 e. The van der Waals surface area contributed by atoms with Crippen molar-refractivity contribution in [3.8, 4) is 5.75 Å². The van der Waals surface area contributed by atoms with Crippen LogP contribution in [0.3, 0.4) is 0 Å². The number of anilines is 1. The summed E-state index contributed by atoms with van der Waals surface area (Å²) in [7, 11) is 3.94. The van der Waals surface area contributed by atoms with E-state index in [0.29, 0.717) is 12.2 Å². The van der Waals surface area contributed by atoms with Gasteiger partial charge in [0.25, 0.3) is 0 Å². The Bertz CT molecular complexity index is 317. The number of hydrogen-bond acceptors (Lipinski definition) is 3. The smallest absolute Gasteiger partial charge is 0.311 e. The highest BCUT2D eigenvalue weighted by molar-refractivity contribution is 5.72. The lowest BCUT2D eigenvalue weighted by molar-refractivity contribution is -0.134. The van der Waals surface area contributed by atoms with Gasteiger partial charge in [-0.25, -0.2) is 0 Å². The SMILES string of the molecule is CCCC(=O)Oc1ccc(N(C)C)cc1. The fraction of sp³-hybridized carbons (Fsp3) is 0.417.